The van der Waals surface area contributed by atoms with Gasteiger partial charge in [-0.05, 0) is 24.8 Å². The van der Waals surface area contributed by atoms with Crippen LogP contribution < -0.4 is 0 Å². The summed E-state index contributed by atoms with van der Waals surface area (Å²) in [7, 11) is 0. The number of carboxylic acid groups (broad SMARTS) is 1. The molecule has 2 nitrogen and oxygen atoms in total. The maximum Gasteiger partial charge on any atom is 0.303 e. The summed E-state index contributed by atoms with van der Waals surface area (Å²) in [6.07, 6.45) is 5.08. The Labute approximate surface area is 84.6 Å². The largest absolute Gasteiger partial charge is 0.481 e. The third kappa shape index (κ3) is 4.65. The lowest BCUT2D eigenvalue weighted by atomic mass is 10.1. The van der Waals surface area contributed by atoms with Crippen LogP contribution in [0.4, 0.5) is 0 Å². The van der Waals surface area contributed by atoms with Crippen molar-refractivity contribution in [3.05, 3.63) is 42.3 Å². The molecular weight excluding hydrogens is 176 g/mol. The molecule has 0 spiro atoms. The summed E-state index contributed by atoms with van der Waals surface area (Å²) < 4.78 is 0. The first-order chi connectivity index (χ1) is 6.79. The van der Waals surface area contributed by atoms with Crippen molar-refractivity contribution >= 4 is 5.97 Å². The SMILES string of the molecule is O=C(O)CCCC[CH]c1ccccc1. The minimum atomic E-state index is -0.704. The van der Waals surface area contributed by atoms with Crippen molar-refractivity contribution in [1.82, 2.24) is 0 Å². The van der Waals surface area contributed by atoms with Crippen molar-refractivity contribution < 1.29 is 9.90 Å². The fraction of sp³-hybridized carbons (Fsp3) is 0.333. The van der Waals surface area contributed by atoms with Crippen LogP contribution in [0, 0.1) is 6.42 Å². The molecular formula is C12H15O2. The van der Waals surface area contributed by atoms with Crippen LogP contribution in [0.2, 0.25) is 0 Å². The van der Waals surface area contributed by atoms with Crippen molar-refractivity contribution in [3.8, 4) is 0 Å². The Morgan fingerprint density at radius 3 is 2.57 bits per heavy atom. The molecule has 0 aliphatic carbocycles. The highest BCUT2D eigenvalue weighted by molar-refractivity contribution is 5.66. The lowest BCUT2D eigenvalue weighted by Crippen LogP contribution is -1.93. The second-order valence-electron chi connectivity index (χ2n) is 3.25. The number of hydrogen-bond donors (Lipinski definition) is 1. The topological polar surface area (TPSA) is 37.3 Å². The molecule has 0 amide bonds. The summed E-state index contributed by atoms with van der Waals surface area (Å²) in [5.41, 5.74) is 1.21. The second-order valence-corrected chi connectivity index (χ2v) is 3.25. The molecule has 75 valence electrons. The van der Waals surface area contributed by atoms with Gasteiger partial charge in [0, 0.05) is 6.42 Å². The van der Waals surface area contributed by atoms with Crippen molar-refractivity contribution in [2.24, 2.45) is 0 Å². The lowest BCUT2D eigenvalue weighted by Gasteiger charge is -1.99. The summed E-state index contributed by atoms with van der Waals surface area (Å²) in [5.74, 6) is -0.704. The van der Waals surface area contributed by atoms with Gasteiger partial charge in [-0.1, -0.05) is 36.8 Å². The summed E-state index contributed by atoms with van der Waals surface area (Å²) in [6, 6.07) is 10.1. The third-order valence-corrected chi connectivity index (χ3v) is 2.02. The fourth-order valence-corrected chi connectivity index (χ4v) is 1.28. The molecule has 1 radical (unpaired) electrons. The summed E-state index contributed by atoms with van der Waals surface area (Å²) in [6.45, 7) is 0. The molecule has 0 fully saturated rings. The van der Waals surface area contributed by atoms with Gasteiger partial charge < -0.3 is 5.11 Å². The van der Waals surface area contributed by atoms with E-state index in [2.05, 4.69) is 18.6 Å². The van der Waals surface area contributed by atoms with E-state index in [0.717, 1.165) is 19.3 Å². The maximum atomic E-state index is 10.2. The van der Waals surface area contributed by atoms with Crippen molar-refractivity contribution in [2.45, 2.75) is 25.7 Å². The Morgan fingerprint density at radius 2 is 1.93 bits per heavy atom. The second kappa shape index (κ2) is 6.19. The highest BCUT2D eigenvalue weighted by atomic mass is 16.4. The number of carboxylic acids is 1. The van der Waals surface area contributed by atoms with Gasteiger partial charge in [-0.2, -0.15) is 0 Å². The summed E-state index contributed by atoms with van der Waals surface area (Å²) >= 11 is 0. The zero-order valence-corrected chi connectivity index (χ0v) is 8.15. The molecule has 0 unspecified atom stereocenters. The number of hydrogen-bond acceptors (Lipinski definition) is 1. The van der Waals surface area contributed by atoms with Crippen LogP contribution >= 0.6 is 0 Å². The number of aliphatic carboxylic acids is 1. The molecule has 0 bridgehead atoms. The smallest absolute Gasteiger partial charge is 0.303 e. The van der Waals surface area contributed by atoms with E-state index in [0.29, 0.717) is 0 Å². The first-order valence-electron chi connectivity index (χ1n) is 4.89. The monoisotopic (exact) mass is 191 g/mol. The molecule has 0 aliphatic heterocycles. The van der Waals surface area contributed by atoms with E-state index in [1.54, 1.807) is 0 Å². The van der Waals surface area contributed by atoms with Crippen molar-refractivity contribution in [2.75, 3.05) is 0 Å². The molecule has 0 saturated carbocycles. The Balaban J connectivity index is 2.08. The van der Waals surface area contributed by atoms with E-state index in [-0.39, 0.29) is 6.42 Å². The molecule has 0 aliphatic rings. The van der Waals surface area contributed by atoms with E-state index in [1.165, 1.54) is 5.56 Å². The van der Waals surface area contributed by atoms with E-state index >= 15 is 0 Å². The zero-order valence-electron chi connectivity index (χ0n) is 8.15. The van der Waals surface area contributed by atoms with Gasteiger partial charge in [-0.25, -0.2) is 0 Å². The van der Waals surface area contributed by atoms with Gasteiger partial charge in [0.25, 0.3) is 0 Å². The van der Waals surface area contributed by atoms with Gasteiger partial charge in [0.1, 0.15) is 0 Å². The number of rotatable bonds is 6. The average molecular weight is 191 g/mol. The Kier molecular flexibility index (Phi) is 4.76. The lowest BCUT2D eigenvalue weighted by molar-refractivity contribution is -0.137. The highest BCUT2D eigenvalue weighted by Crippen LogP contribution is 2.09. The van der Waals surface area contributed by atoms with Crippen LogP contribution in [-0.2, 0) is 4.79 Å². The van der Waals surface area contributed by atoms with Crippen molar-refractivity contribution in [1.29, 1.82) is 0 Å². The molecule has 0 aromatic heterocycles. The molecule has 1 aromatic carbocycles. The first-order valence-corrected chi connectivity index (χ1v) is 4.89. The van der Waals surface area contributed by atoms with Crippen LogP contribution in [0.15, 0.2) is 30.3 Å². The van der Waals surface area contributed by atoms with Crippen molar-refractivity contribution in [3.63, 3.8) is 0 Å². The van der Waals surface area contributed by atoms with Gasteiger partial charge in [0.2, 0.25) is 0 Å². The van der Waals surface area contributed by atoms with Crippen LogP contribution in [0.1, 0.15) is 31.2 Å². The fourth-order valence-electron chi connectivity index (χ4n) is 1.28. The van der Waals surface area contributed by atoms with Crippen LogP contribution in [0.3, 0.4) is 0 Å². The first kappa shape index (κ1) is 10.8. The molecule has 1 aromatic rings. The maximum absolute atomic E-state index is 10.2. The zero-order chi connectivity index (χ0) is 10.2. The van der Waals surface area contributed by atoms with E-state index < -0.39 is 5.97 Å². The minimum Gasteiger partial charge on any atom is -0.481 e. The molecule has 14 heavy (non-hydrogen) atoms. The highest BCUT2D eigenvalue weighted by Gasteiger charge is 1.97. The van der Waals surface area contributed by atoms with E-state index in [9.17, 15) is 4.79 Å². The standard InChI is InChI=1S/C12H15O2/c13-12(14)10-6-2-5-9-11-7-3-1-4-8-11/h1,3-4,7-9H,2,5-6,10H2,(H,13,14). The van der Waals surface area contributed by atoms with Gasteiger partial charge in [-0.15, -0.1) is 0 Å². The molecule has 2 heteroatoms. The molecule has 1 rings (SSSR count). The van der Waals surface area contributed by atoms with E-state index in [1.807, 2.05) is 18.2 Å². The predicted octanol–water partition coefficient (Wildman–Crippen LogP) is 2.88. The Morgan fingerprint density at radius 1 is 1.21 bits per heavy atom. The summed E-state index contributed by atoms with van der Waals surface area (Å²) in [4.78, 5) is 10.2. The Bertz CT molecular complexity index is 267. The average Bonchev–Trinajstić information content (AvgIpc) is 2.18. The van der Waals surface area contributed by atoms with Crippen LogP contribution in [0.25, 0.3) is 0 Å². The van der Waals surface area contributed by atoms with Gasteiger partial charge in [-0.3, -0.25) is 4.79 Å². The minimum absolute atomic E-state index is 0.280. The van der Waals surface area contributed by atoms with Crippen LogP contribution in [-0.4, -0.2) is 11.1 Å². The molecule has 1 N–H and O–H groups in total. The molecule has 0 saturated heterocycles. The predicted molar refractivity (Wildman–Crippen MR) is 55.9 cm³/mol. The van der Waals surface area contributed by atoms with Gasteiger partial charge in [0.15, 0.2) is 0 Å². The number of carbonyl (C=O) groups is 1. The Hall–Kier alpha value is -1.31. The van der Waals surface area contributed by atoms with E-state index in [4.69, 9.17) is 5.11 Å². The third-order valence-electron chi connectivity index (χ3n) is 2.02. The molecule has 0 heterocycles. The summed E-state index contributed by atoms with van der Waals surface area (Å²) in [5, 5.41) is 8.42. The van der Waals surface area contributed by atoms with Gasteiger partial charge in [0.05, 0.1) is 0 Å². The number of unbranched alkanes of at least 4 members (excludes halogenated alkanes) is 2. The van der Waals surface area contributed by atoms with Gasteiger partial charge >= 0.3 is 5.97 Å². The van der Waals surface area contributed by atoms with Crippen LogP contribution in [0.5, 0.6) is 0 Å². The number of benzene rings is 1. The normalized spacial score (nSPS) is 10.0. The molecule has 0 atom stereocenters. The quantitative estimate of drug-likeness (QED) is 0.702.